The second kappa shape index (κ2) is 10.3. The SMILES string of the molecule is CC.CC(C)(C)c1ccc(CCCCCc2ccccc2)cc1. The molecule has 0 aromatic heterocycles. The monoisotopic (exact) mass is 310 g/mol. The summed E-state index contributed by atoms with van der Waals surface area (Å²) in [5, 5.41) is 0. The van der Waals surface area contributed by atoms with Crippen LogP contribution in [0.5, 0.6) is 0 Å². The zero-order chi connectivity index (χ0) is 17.1. The molecule has 0 amide bonds. The van der Waals surface area contributed by atoms with Gasteiger partial charge >= 0.3 is 0 Å². The molecule has 2 aromatic rings. The highest BCUT2D eigenvalue weighted by atomic mass is 14.2. The molecule has 23 heavy (non-hydrogen) atoms. The average molecular weight is 311 g/mol. The summed E-state index contributed by atoms with van der Waals surface area (Å²) in [4.78, 5) is 0. The number of aryl methyl sites for hydroxylation is 2. The van der Waals surface area contributed by atoms with Crippen LogP contribution in [0.3, 0.4) is 0 Å². The van der Waals surface area contributed by atoms with Gasteiger partial charge < -0.3 is 0 Å². The van der Waals surface area contributed by atoms with Crippen molar-refractivity contribution in [2.45, 2.75) is 72.1 Å². The lowest BCUT2D eigenvalue weighted by Crippen LogP contribution is -2.10. The molecule has 0 saturated heterocycles. The van der Waals surface area contributed by atoms with Crippen LogP contribution in [-0.4, -0.2) is 0 Å². The lowest BCUT2D eigenvalue weighted by Gasteiger charge is -2.19. The molecular formula is C23H34. The first-order valence-corrected chi connectivity index (χ1v) is 9.19. The van der Waals surface area contributed by atoms with Crippen LogP contribution in [0.4, 0.5) is 0 Å². The lowest BCUT2D eigenvalue weighted by molar-refractivity contribution is 0.589. The maximum Gasteiger partial charge on any atom is -0.0132 e. The van der Waals surface area contributed by atoms with Gasteiger partial charge in [-0.05, 0) is 47.8 Å². The number of benzene rings is 2. The Kier molecular flexibility index (Phi) is 8.69. The Hall–Kier alpha value is -1.56. The number of rotatable bonds is 6. The van der Waals surface area contributed by atoms with E-state index in [0.717, 1.165) is 0 Å². The van der Waals surface area contributed by atoms with E-state index in [1.54, 1.807) is 0 Å². The zero-order valence-corrected chi connectivity index (χ0v) is 15.7. The molecule has 2 rings (SSSR count). The minimum Gasteiger partial charge on any atom is -0.0683 e. The van der Waals surface area contributed by atoms with E-state index in [-0.39, 0.29) is 5.41 Å². The Labute approximate surface area is 144 Å². The van der Waals surface area contributed by atoms with Gasteiger partial charge in [0, 0.05) is 0 Å². The van der Waals surface area contributed by atoms with Crippen molar-refractivity contribution in [2.75, 3.05) is 0 Å². The minimum absolute atomic E-state index is 0.258. The van der Waals surface area contributed by atoms with Crippen LogP contribution in [-0.2, 0) is 18.3 Å². The van der Waals surface area contributed by atoms with Gasteiger partial charge in [-0.25, -0.2) is 0 Å². The molecule has 0 saturated carbocycles. The van der Waals surface area contributed by atoms with Gasteiger partial charge in [-0.2, -0.15) is 0 Å². The van der Waals surface area contributed by atoms with Crippen LogP contribution < -0.4 is 0 Å². The predicted molar refractivity (Wildman–Crippen MR) is 104 cm³/mol. The van der Waals surface area contributed by atoms with Crippen molar-refractivity contribution in [3.63, 3.8) is 0 Å². The average Bonchev–Trinajstić information content (AvgIpc) is 2.57. The fraction of sp³-hybridized carbons (Fsp3) is 0.478. The molecular weight excluding hydrogens is 276 g/mol. The van der Waals surface area contributed by atoms with E-state index in [1.165, 1.54) is 48.8 Å². The first kappa shape index (κ1) is 19.5. The van der Waals surface area contributed by atoms with Gasteiger partial charge in [-0.3, -0.25) is 0 Å². The second-order valence-electron chi connectivity index (χ2n) is 6.99. The first-order valence-electron chi connectivity index (χ1n) is 9.19. The highest BCUT2D eigenvalue weighted by molar-refractivity contribution is 5.27. The van der Waals surface area contributed by atoms with Gasteiger partial charge in [-0.1, -0.05) is 95.6 Å². The number of unbranched alkanes of at least 4 members (excludes halogenated alkanes) is 2. The van der Waals surface area contributed by atoms with Crippen molar-refractivity contribution in [3.8, 4) is 0 Å². The zero-order valence-electron chi connectivity index (χ0n) is 15.7. The fourth-order valence-corrected chi connectivity index (χ4v) is 2.65. The molecule has 0 radical (unpaired) electrons. The normalized spacial score (nSPS) is 10.8. The summed E-state index contributed by atoms with van der Waals surface area (Å²) < 4.78 is 0. The quantitative estimate of drug-likeness (QED) is 0.505. The van der Waals surface area contributed by atoms with Crippen LogP contribution >= 0.6 is 0 Å². The van der Waals surface area contributed by atoms with E-state index in [1.807, 2.05) is 13.8 Å². The van der Waals surface area contributed by atoms with Crippen LogP contribution in [0.15, 0.2) is 54.6 Å². The molecule has 0 spiro atoms. The smallest absolute Gasteiger partial charge is 0.0132 e. The van der Waals surface area contributed by atoms with Crippen LogP contribution in [0.2, 0.25) is 0 Å². The van der Waals surface area contributed by atoms with Crippen molar-refractivity contribution >= 4 is 0 Å². The molecule has 0 aliphatic heterocycles. The highest BCUT2D eigenvalue weighted by Gasteiger charge is 2.12. The second-order valence-corrected chi connectivity index (χ2v) is 6.99. The summed E-state index contributed by atoms with van der Waals surface area (Å²) in [7, 11) is 0. The van der Waals surface area contributed by atoms with Gasteiger partial charge in [0.2, 0.25) is 0 Å². The molecule has 0 aliphatic carbocycles. The third-order valence-electron chi connectivity index (χ3n) is 4.09. The Morgan fingerprint density at radius 1 is 0.609 bits per heavy atom. The summed E-state index contributed by atoms with van der Waals surface area (Å²) in [6.07, 6.45) is 6.32. The molecule has 0 bridgehead atoms. The van der Waals surface area contributed by atoms with E-state index in [0.29, 0.717) is 0 Å². The molecule has 0 nitrogen and oxygen atoms in total. The van der Waals surface area contributed by atoms with E-state index in [9.17, 15) is 0 Å². The Bertz CT molecular complexity index is 514. The number of hydrogen-bond donors (Lipinski definition) is 0. The Balaban J connectivity index is 0.00000127. The molecule has 0 heteroatoms. The van der Waals surface area contributed by atoms with E-state index < -0.39 is 0 Å². The van der Waals surface area contributed by atoms with E-state index >= 15 is 0 Å². The highest BCUT2D eigenvalue weighted by Crippen LogP contribution is 2.22. The first-order chi connectivity index (χ1) is 11.1. The van der Waals surface area contributed by atoms with Crippen LogP contribution in [0.1, 0.15) is 70.6 Å². The topological polar surface area (TPSA) is 0 Å². The van der Waals surface area contributed by atoms with Crippen molar-refractivity contribution in [2.24, 2.45) is 0 Å². The summed E-state index contributed by atoms with van der Waals surface area (Å²) in [6.45, 7) is 10.8. The maximum atomic E-state index is 2.30. The Morgan fingerprint density at radius 2 is 1.09 bits per heavy atom. The largest absolute Gasteiger partial charge is 0.0683 e. The van der Waals surface area contributed by atoms with Crippen molar-refractivity contribution in [1.29, 1.82) is 0 Å². The molecule has 126 valence electrons. The third-order valence-corrected chi connectivity index (χ3v) is 4.09. The number of hydrogen-bond acceptors (Lipinski definition) is 0. The summed E-state index contributed by atoms with van der Waals surface area (Å²) >= 11 is 0. The van der Waals surface area contributed by atoms with Crippen molar-refractivity contribution in [1.82, 2.24) is 0 Å². The van der Waals surface area contributed by atoms with Gasteiger partial charge in [0.1, 0.15) is 0 Å². The predicted octanol–water partition coefficient (Wildman–Crippen LogP) is 6.97. The molecule has 2 aromatic carbocycles. The summed E-state index contributed by atoms with van der Waals surface area (Å²) in [5.74, 6) is 0. The molecule has 0 unspecified atom stereocenters. The van der Waals surface area contributed by atoms with E-state index in [2.05, 4.69) is 75.4 Å². The standard InChI is InChI=1S/C21H28.C2H6/c1-21(2,3)20-16-14-19(15-17-20)13-9-5-8-12-18-10-6-4-7-11-18;1-2/h4,6-7,10-11,14-17H,5,8-9,12-13H2,1-3H3;1-2H3. The fourth-order valence-electron chi connectivity index (χ4n) is 2.65. The van der Waals surface area contributed by atoms with E-state index in [4.69, 9.17) is 0 Å². The maximum absolute atomic E-state index is 2.30. The van der Waals surface area contributed by atoms with Crippen molar-refractivity contribution < 1.29 is 0 Å². The molecule has 0 aliphatic rings. The van der Waals surface area contributed by atoms with Crippen LogP contribution in [0.25, 0.3) is 0 Å². The van der Waals surface area contributed by atoms with Gasteiger partial charge in [-0.15, -0.1) is 0 Å². The molecule has 0 atom stereocenters. The summed E-state index contributed by atoms with van der Waals surface area (Å²) in [5.41, 5.74) is 4.62. The van der Waals surface area contributed by atoms with Crippen molar-refractivity contribution in [3.05, 3.63) is 71.3 Å². The molecule has 0 fully saturated rings. The minimum atomic E-state index is 0.258. The van der Waals surface area contributed by atoms with Crippen LogP contribution in [0, 0.1) is 0 Å². The van der Waals surface area contributed by atoms with Gasteiger partial charge in [0.25, 0.3) is 0 Å². The lowest BCUT2D eigenvalue weighted by atomic mass is 9.86. The third kappa shape index (κ3) is 7.50. The molecule has 0 N–H and O–H groups in total. The molecule has 0 heterocycles. The van der Waals surface area contributed by atoms with Gasteiger partial charge in [0.05, 0.1) is 0 Å². The Morgan fingerprint density at radius 3 is 1.57 bits per heavy atom. The van der Waals surface area contributed by atoms with Gasteiger partial charge in [0.15, 0.2) is 0 Å². The summed E-state index contributed by atoms with van der Waals surface area (Å²) in [6, 6.07) is 20.0.